The predicted octanol–water partition coefficient (Wildman–Crippen LogP) is 5.37. The van der Waals surface area contributed by atoms with Crippen LogP contribution in [0, 0.1) is 0 Å². The molecule has 4 atom stereocenters. The number of fused-ring (bicyclic) bond motifs is 1. The molecule has 5 heteroatoms. The van der Waals surface area contributed by atoms with Gasteiger partial charge in [0, 0.05) is 0 Å². The summed E-state index contributed by atoms with van der Waals surface area (Å²) in [5.41, 5.74) is 2.64. The number of hydrogen-bond acceptors (Lipinski definition) is 4. The van der Waals surface area contributed by atoms with Crippen molar-refractivity contribution in [3.05, 3.63) is 83.4 Å². The van der Waals surface area contributed by atoms with Crippen molar-refractivity contribution in [3.63, 3.8) is 0 Å². The summed E-state index contributed by atoms with van der Waals surface area (Å²) in [5.74, 6) is -0.671. The molecule has 1 fully saturated rings. The molecular formula is C26H31FO4. The van der Waals surface area contributed by atoms with Crippen molar-refractivity contribution < 1.29 is 23.3 Å². The van der Waals surface area contributed by atoms with Crippen molar-refractivity contribution in [3.8, 4) is 0 Å². The summed E-state index contributed by atoms with van der Waals surface area (Å²) in [6.07, 6.45) is 1.58. The van der Waals surface area contributed by atoms with E-state index >= 15 is 0 Å². The number of benzene rings is 2. The standard InChI is InChI=1S/C26H31FO4/c1-3-26(4-2)30-22-15-21(16-27)23(28-17-19-11-7-5-8-12-19)25(24(22)31-26)29-18-20-13-9-6-10-14-20/h5-15,22-25H,3-4,16-18H2,1-2H3/t22-,23-,24-,25+/m1/s1. The van der Waals surface area contributed by atoms with Gasteiger partial charge in [0.15, 0.2) is 5.79 Å². The van der Waals surface area contributed by atoms with Crippen LogP contribution in [-0.2, 0) is 32.2 Å². The molecular weight excluding hydrogens is 395 g/mol. The van der Waals surface area contributed by atoms with Crippen molar-refractivity contribution >= 4 is 0 Å². The van der Waals surface area contributed by atoms with Gasteiger partial charge in [-0.25, -0.2) is 4.39 Å². The average molecular weight is 427 g/mol. The average Bonchev–Trinajstić information content (AvgIpc) is 3.21. The third-order valence-electron chi connectivity index (χ3n) is 6.18. The zero-order chi connectivity index (χ0) is 21.7. The van der Waals surface area contributed by atoms with Gasteiger partial charge in [0.1, 0.15) is 31.1 Å². The van der Waals surface area contributed by atoms with Crippen molar-refractivity contribution in [1.82, 2.24) is 0 Å². The van der Waals surface area contributed by atoms with Crippen LogP contribution in [0.4, 0.5) is 4.39 Å². The second kappa shape index (κ2) is 10.0. The molecule has 1 aliphatic heterocycles. The second-order valence-electron chi connectivity index (χ2n) is 8.14. The molecule has 0 radical (unpaired) electrons. The van der Waals surface area contributed by atoms with E-state index in [1.54, 1.807) is 0 Å². The Bertz CT molecular complexity index is 850. The molecule has 31 heavy (non-hydrogen) atoms. The van der Waals surface area contributed by atoms with Crippen molar-refractivity contribution in [2.45, 2.75) is 70.1 Å². The van der Waals surface area contributed by atoms with Crippen molar-refractivity contribution in [2.24, 2.45) is 0 Å². The Labute approximate surface area is 184 Å². The fourth-order valence-electron chi connectivity index (χ4n) is 4.34. The van der Waals surface area contributed by atoms with Crippen molar-refractivity contribution in [1.29, 1.82) is 0 Å². The largest absolute Gasteiger partial charge is 0.368 e. The summed E-state index contributed by atoms with van der Waals surface area (Å²) in [6.45, 7) is 4.25. The van der Waals surface area contributed by atoms with E-state index in [2.05, 4.69) is 0 Å². The number of ether oxygens (including phenoxy) is 4. The molecule has 1 aliphatic carbocycles. The van der Waals surface area contributed by atoms with E-state index in [4.69, 9.17) is 18.9 Å². The Kier molecular flexibility index (Phi) is 7.18. The molecule has 0 aromatic heterocycles. The molecule has 166 valence electrons. The lowest BCUT2D eigenvalue weighted by Crippen LogP contribution is -2.50. The monoisotopic (exact) mass is 426 g/mol. The van der Waals surface area contributed by atoms with Gasteiger partial charge in [-0.3, -0.25) is 0 Å². The third kappa shape index (κ3) is 4.90. The smallest absolute Gasteiger partial charge is 0.169 e. The molecule has 4 nitrogen and oxygen atoms in total. The zero-order valence-corrected chi connectivity index (χ0v) is 18.2. The molecule has 0 bridgehead atoms. The van der Waals surface area contributed by atoms with Crippen LogP contribution >= 0.6 is 0 Å². The van der Waals surface area contributed by atoms with E-state index < -0.39 is 24.7 Å². The minimum Gasteiger partial charge on any atom is -0.368 e. The Morgan fingerprint density at radius 1 is 0.839 bits per heavy atom. The summed E-state index contributed by atoms with van der Waals surface area (Å²) in [5, 5.41) is 0. The lowest BCUT2D eigenvalue weighted by molar-refractivity contribution is -0.196. The van der Waals surface area contributed by atoms with Gasteiger partial charge in [-0.15, -0.1) is 0 Å². The minimum atomic E-state index is -0.671. The van der Waals surface area contributed by atoms with Gasteiger partial charge in [0.2, 0.25) is 0 Å². The minimum absolute atomic E-state index is 0.344. The maximum Gasteiger partial charge on any atom is 0.169 e. The van der Waals surface area contributed by atoms with Gasteiger partial charge in [0.25, 0.3) is 0 Å². The Balaban J connectivity index is 1.59. The number of rotatable bonds is 9. The molecule has 0 saturated carbocycles. The van der Waals surface area contributed by atoms with Crippen LogP contribution in [0.3, 0.4) is 0 Å². The van der Waals surface area contributed by atoms with Crippen LogP contribution in [0.15, 0.2) is 72.3 Å². The summed E-state index contributed by atoms with van der Waals surface area (Å²) < 4.78 is 39.4. The van der Waals surface area contributed by atoms with Gasteiger partial charge in [-0.1, -0.05) is 74.5 Å². The van der Waals surface area contributed by atoms with E-state index in [-0.39, 0.29) is 12.2 Å². The van der Waals surface area contributed by atoms with Gasteiger partial charge in [-0.2, -0.15) is 0 Å². The highest BCUT2D eigenvalue weighted by Gasteiger charge is 2.53. The van der Waals surface area contributed by atoms with Crippen LogP contribution in [0.2, 0.25) is 0 Å². The van der Waals surface area contributed by atoms with Gasteiger partial charge in [0.05, 0.1) is 13.2 Å². The SMILES string of the molecule is CCC1(CC)O[C@H]2[C@@H](OCc3ccccc3)[C@H](OCc3ccccc3)C(CF)=C[C@H]2O1. The molecule has 2 aromatic carbocycles. The van der Waals surface area contributed by atoms with Crippen LogP contribution in [-0.4, -0.2) is 36.9 Å². The number of alkyl halides is 1. The zero-order valence-electron chi connectivity index (χ0n) is 18.2. The fourth-order valence-corrected chi connectivity index (χ4v) is 4.34. The molecule has 1 saturated heterocycles. The fraction of sp³-hybridized carbons (Fsp3) is 0.462. The Hall–Kier alpha value is -2.05. The third-order valence-corrected chi connectivity index (χ3v) is 6.18. The maximum absolute atomic E-state index is 14.1. The lowest BCUT2D eigenvalue weighted by atomic mass is 9.89. The second-order valence-corrected chi connectivity index (χ2v) is 8.14. The summed E-state index contributed by atoms with van der Waals surface area (Å²) >= 11 is 0. The summed E-state index contributed by atoms with van der Waals surface area (Å²) in [4.78, 5) is 0. The first-order valence-corrected chi connectivity index (χ1v) is 11.1. The van der Waals surface area contributed by atoms with Crippen molar-refractivity contribution in [2.75, 3.05) is 6.67 Å². The molecule has 0 N–H and O–H groups in total. The normalized spacial score (nSPS) is 27.0. The molecule has 0 unspecified atom stereocenters. The Morgan fingerprint density at radius 2 is 1.42 bits per heavy atom. The van der Waals surface area contributed by atoms with E-state index in [0.717, 1.165) is 24.0 Å². The molecule has 2 aliphatic rings. The van der Waals surface area contributed by atoms with Gasteiger partial charge < -0.3 is 18.9 Å². The first-order chi connectivity index (χ1) is 15.2. The van der Waals surface area contributed by atoms with E-state index in [1.807, 2.05) is 80.6 Å². The molecule has 2 aromatic rings. The summed E-state index contributed by atoms with van der Waals surface area (Å²) in [7, 11) is 0. The maximum atomic E-state index is 14.1. The van der Waals surface area contributed by atoms with Crippen LogP contribution < -0.4 is 0 Å². The highest BCUT2D eigenvalue weighted by molar-refractivity contribution is 5.24. The lowest BCUT2D eigenvalue weighted by Gasteiger charge is -2.37. The van der Waals surface area contributed by atoms with E-state index in [9.17, 15) is 4.39 Å². The quantitative estimate of drug-likeness (QED) is 0.506. The molecule has 1 heterocycles. The van der Waals surface area contributed by atoms with Crippen LogP contribution in [0.5, 0.6) is 0 Å². The highest BCUT2D eigenvalue weighted by atomic mass is 19.1. The van der Waals surface area contributed by atoms with Crippen LogP contribution in [0.25, 0.3) is 0 Å². The summed E-state index contributed by atoms with van der Waals surface area (Å²) in [6, 6.07) is 19.9. The Morgan fingerprint density at radius 3 is 1.97 bits per heavy atom. The molecule has 0 spiro atoms. The van der Waals surface area contributed by atoms with E-state index in [1.165, 1.54) is 0 Å². The predicted molar refractivity (Wildman–Crippen MR) is 117 cm³/mol. The van der Waals surface area contributed by atoms with Gasteiger partial charge in [-0.05, 0) is 35.6 Å². The first-order valence-electron chi connectivity index (χ1n) is 11.1. The van der Waals surface area contributed by atoms with E-state index in [0.29, 0.717) is 18.8 Å². The first kappa shape index (κ1) is 22.2. The highest BCUT2D eigenvalue weighted by Crippen LogP contribution is 2.42. The topological polar surface area (TPSA) is 36.9 Å². The van der Waals surface area contributed by atoms with Gasteiger partial charge >= 0.3 is 0 Å². The molecule has 0 amide bonds. The number of hydrogen-bond donors (Lipinski definition) is 0. The van der Waals surface area contributed by atoms with Crippen LogP contribution in [0.1, 0.15) is 37.8 Å². The molecule has 4 rings (SSSR count). The number of halogens is 1.